The molecule has 0 N–H and O–H groups in total. The smallest absolute Gasteiger partial charge is 0.271 e. The van der Waals surface area contributed by atoms with E-state index in [-0.39, 0.29) is 10.6 Å². The Morgan fingerprint density at radius 2 is 1.81 bits per heavy atom. The standard InChI is InChI=1S/C18H16BrN5O2/c19-13-10-16-18(21-12-13)17(4-5-20-16)23-8-6-22(7-9-23)14-2-1-3-15(11-14)24(25)26/h1-5,10-12H,6-9H2. The quantitative estimate of drug-likeness (QED) is 0.481. The summed E-state index contributed by atoms with van der Waals surface area (Å²) < 4.78 is 0.908. The molecule has 0 radical (unpaired) electrons. The summed E-state index contributed by atoms with van der Waals surface area (Å²) in [6, 6.07) is 10.8. The third-order valence-corrected chi connectivity index (χ3v) is 4.98. The molecule has 1 aliphatic heterocycles. The fraction of sp³-hybridized carbons (Fsp3) is 0.222. The first kappa shape index (κ1) is 16.7. The number of aromatic nitrogens is 2. The van der Waals surface area contributed by atoms with Crippen molar-refractivity contribution < 1.29 is 4.92 Å². The number of pyridine rings is 2. The highest BCUT2D eigenvalue weighted by Crippen LogP contribution is 2.28. The minimum absolute atomic E-state index is 0.125. The largest absolute Gasteiger partial charge is 0.368 e. The fourth-order valence-corrected chi connectivity index (χ4v) is 3.57. The van der Waals surface area contributed by atoms with E-state index in [0.29, 0.717) is 0 Å². The molecule has 1 aliphatic rings. The molecule has 3 heterocycles. The van der Waals surface area contributed by atoms with Gasteiger partial charge in [-0.15, -0.1) is 0 Å². The Hall–Kier alpha value is -2.74. The number of fused-ring (bicyclic) bond motifs is 1. The van der Waals surface area contributed by atoms with Crippen molar-refractivity contribution in [3.63, 3.8) is 0 Å². The van der Waals surface area contributed by atoms with Crippen molar-refractivity contribution in [1.29, 1.82) is 0 Å². The lowest BCUT2D eigenvalue weighted by Crippen LogP contribution is -2.46. The first-order valence-electron chi connectivity index (χ1n) is 8.26. The van der Waals surface area contributed by atoms with Crippen LogP contribution in [0.1, 0.15) is 0 Å². The van der Waals surface area contributed by atoms with Crippen molar-refractivity contribution in [2.75, 3.05) is 36.0 Å². The Balaban J connectivity index is 1.54. The van der Waals surface area contributed by atoms with Crippen molar-refractivity contribution in [2.45, 2.75) is 0 Å². The van der Waals surface area contributed by atoms with Gasteiger partial charge in [0.15, 0.2) is 0 Å². The molecular weight excluding hydrogens is 398 g/mol. The van der Waals surface area contributed by atoms with Gasteiger partial charge in [-0.1, -0.05) is 6.07 Å². The molecule has 2 aromatic heterocycles. The molecule has 1 saturated heterocycles. The summed E-state index contributed by atoms with van der Waals surface area (Å²) in [6.45, 7) is 3.22. The Bertz CT molecular complexity index is 973. The van der Waals surface area contributed by atoms with Gasteiger partial charge in [0.25, 0.3) is 5.69 Å². The number of benzene rings is 1. The number of nitro benzene ring substituents is 1. The van der Waals surface area contributed by atoms with E-state index in [1.54, 1.807) is 24.5 Å². The maximum Gasteiger partial charge on any atom is 0.271 e. The van der Waals surface area contributed by atoms with Gasteiger partial charge in [0.05, 0.1) is 16.1 Å². The molecule has 8 heteroatoms. The SMILES string of the molecule is O=[N+]([O-])c1cccc(N2CCN(c3ccnc4cc(Br)cnc34)CC2)c1. The van der Waals surface area contributed by atoms with Gasteiger partial charge in [-0.25, -0.2) is 0 Å². The highest BCUT2D eigenvalue weighted by Gasteiger charge is 2.21. The van der Waals surface area contributed by atoms with Gasteiger partial charge in [-0.2, -0.15) is 0 Å². The fourth-order valence-electron chi connectivity index (χ4n) is 3.26. The monoisotopic (exact) mass is 413 g/mol. The Labute approximate surface area is 158 Å². The summed E-state index contributed by atoms with van der Waals surface area (Å²) in [6.07, 6.45) is 3.59. The van der Waals surface area contributed by atoms with Crippen LogP contribution in [0.2, 0.25) is 0 Å². The summed E-state index contributed by atoms with van der Waals surface area (Å²) in [5.74, 6) is 0. The lowest BCUT2D eigenvalue weighted by Gasteiger charge is -2.37. The van der Waals surface area contributed by atoms with E-state index in [1.165, 1.54) is 6.07 Å². The number of hydrogen-bond donors (Lipinski definition) is 0. The van der Waals surface area contributed by atoms with Gasteiger partial charge in [-0.3, -0.25) is 20.1 Å². The highest BCUT2D eigenvalue weighted by atomic mass is 79.9. The first-order valence-corrected chi connectivity index (χ1v) is 9.06. The third kappa shape index (κ3) is 3.20. The molecule has 132 valence electrons. The van der Waals surface area contributed by atoms with E-state index in [2.05, 4.69) is 35.7 Å². The zero-order valence-corrected chi connectivity index (χ0v) is 15.5. The van der Waals surface area contributed by atoms with Gasteiger partial charge in [0.1, 0.15) is 5.52 Å². The third-order valence-electron chi connectivity index (χ3n) is 4.55. The molecular formula is C18H16BrN5O2. The average Bonchev–Trinajstić information content (AvgIpc) is 2.67. The number of nitrogens with zero attached hydrogens (tertiary/aromatic N) is 5. The normalized spacial score (nSPS) is 14.7. The van der Waals surface area contributed by atoms with E-state index in [0.717, 1.165) is 53.1 Å². The van der Waals surface area contributed by atoms with Crippen LogP contribution in [0.3, 0.4) is 0 Å². The van der Waals surface area contributed by atoms with Crippen LogP contribution >= 0.6 is 15.9 Å². The van der Waals surface area contributed by atoms with Crippen molar-refractivity contribution in [3.8, 4) is 0 Å². The van der Waals surface area contributed by atoms with Gasteiger partial charge < -0.3 is 9.80 Å². The molecule has 0 spiro atoms. The van der Waals surface area contributed by atoms with Gasteiger partial charge in [-0.05, 0) is 34.1 Å². The number of rotatable bonds is 3. The number of piperazine rings is 1. The molecule has 0 aliphatic carbocycles. The molecule has 3 aromatic rings. The van der Waals surface area contributed by atoms with Crippen molar-refractivity contribution in [1.82, 2.24) is 9.97 Å². The summed E-state index contributed by atoms with van der Waals surface area (Å²) in [5.41, 5.74) is 3.83. The molecule has 0 saturated carbocycles. The van der Waals surface area contributed by atoms with Crippen LogP contribution in [-0.2, 0) is 0 Å². The minimum Gasteiger partial charge on any atom is -0.368 e. The summed E-state index contributed by atoms with van der Waals surface area (Å²) in [4.78, 5) is 24.0. The molecule has 0 amide bonds. The topological polar surface area (TPSA) is 75.4 Å². The van der Waals surface area contributed by atoms with E-state index in [4.69, 9.17) is 0 Å². The van der Waals surface area contributed by atoms with E-state index in [9.17, 15) is 10.1 Å². The number of non-ortho nitro benzene ring substituents is 1. The number of halogens is 1. The molecule has 7 nitrogen and oxygen atoms in total. The predicted octanol–water partition coefficient (Wildman–Crippen LogP) is 3.63. The van der Waals surface area contributed by atoms with Crippen LogP contribution in [0.4, 0.5) is 17.1 Å². The Morgan fingerprint density at radius 3 is 2.58 bits per heavy atom. The molecule has 26 heavy (non-hydrogen) atoms. The first-order chi connectivity index (χ1) is 12.6. The van der Waals surface area contributed by atoms with Crippen LogP contribution in [0.5, 0.6) is 0 Å². The minimum atomic E-state index is -0.355. The summed E-state index contributed by atoms with van der Waals surface area (Å²) in [7, 11) is 0. The summed E-state index contributed by atoms with van der Waals surface area (Å²) in [5, 5.41) is 11.0. The summed E-state index contributed by atoms with van der Waals surface area (Å²) >= 11 is 3.43. The Morgan fingerprint density at radius 1 is 1.04 bits per heavy atom. The van der Waals surface area contributed by atoms with Crippen LogP contribution in [0.25, 0.3) is 11.0 Å². The molecule has 0 bridgehead atoms. The van der Waals surface area contributed by atoms with Crippen LogP contribution in [0, 0.1) is 10.1 Å². The molecule has 1 aromatic carbocycles. The lowest BCUT2D eigenvalue weighted by atomic mass is 10.2. The van der Waals surface area contributed by atoms with Crippen LogP contribution < -0.4 is 9.80 Å². The number of anilines is 2. The average molecular weight is 414 g/mol. The maximum absolute atomic E-state index is 11.0. The van der Waals surface area contributed by atoms with Crippen molar-refractivity contribution >= 4 is 44.0 Å². The predicted molar refractivity (Wildman–Crippen MR) is 105 cm³/mol. The lowest BCUT2D eigenvalue weighted by molar-refractivity contribution is -0.384. The molecule has 0 atom stereocenters. The molecule has 1 fully saturated rings. The molecule has 4 rings (SSSR count). The second-order valence-corrected chi connectivity index (χ2v) is 7.02. The number of nitro groups is 1. The maximum atomic E-state index is 11.0. The second kappa shape index (κ2) is 6.87. The van der Waals surface area contributed by atoms with E-state index >= 15 is 0 Å². The number of hydrogen-bond acceptors (Lipinski definition) is 6. The van der Waals surface area contributed by atoms with Crippen LogP contribution in [0.15, 0.2) is 53.3 Å². The highest BCUT2D eigenvalue weighted by molar-refractivity contribution is 9.10. The van der Waals surface area contributed by atoms with E-state index < -0.39 is 0 Å². The van der Waals surface area contributed by atoms with Gasteiger partial charge >= 0.3 is 0 Å². The second-order valence-electron chi connectivity index (χ2n) is 6.10. The van der Waals surface area contributed by atoms with Crippen molar-refractivity contribution in [2.24, 2.45) is 0 Å². The molecule has 0 unspecified atom stereocenters. The Kier molecular flexibility index (Phi) is 4.42. The van der Waals surface area contributed by atoms with Crippen LogP contribution in [-0.4, -0.2) is 41.1 Å². The zero-order chi connectivity index (χ0) is 18.1. The van der Waals surface area contributed by atoms with E-state index in [1.807, 2.05) is 18.2 Å². The zero-order valence-electron chi connectivity index (χ0n) is 13.9. The van der Waals surface area contributed by atoms with Gasteiger partial charge in [0.2, 0.25) is 0 Å². The van der Waals surface area contributed by atoms with Gasteiger partial charge in [0, 0.05) is 60.9 Å². The van der Waals surface area contributed by atoms with Crippen molar-refractivity contribution in [3.05, 3.63) is 63.4 Å².